The molecule has 110 valence electrons. The number of nitriles is 1. The van der Waals surface area contributed by atoms with Gasteiger partial charge in [-0.25, -0.2) is 9.97 Å². The van der Waals surface area contributed by atoms with Crippen LogP contribution < -0.4 is 5.73 Å². The average Bonchev–Trinajstić information content (AvgIpc) is 2.99. The first-order valence-electron chi connectivity index (χ1n) is 6.22. The molecule has 1 aliphatic heterocycles. The van der Waals surface area contributed by atoms with Gasteiger partial charge in [0, 0.05) is 6.20 Å². The third-order valence-electron chi connectivity index (χ3n) is 3.55. The van der Waals surface area contributed by atoms with Gasteiger partial charge in [0.25, 0.3) is 0 Å². The topological polar surface area (TPSA) is 150 Å². The molecule has 21 heavy (non-hydrogen) atoms. The number of nitrogens with zero attached hydrogens (tertiary/aromatic N) is 4. The smallest absolute Gasteiger partial charge is 0.164 e. The van der Waals surface area contributed by atoms with Gasteiger partial charge in [-0.3, -0.25) is 0 Å². The minimum absolute atomic E-state index is 0.141. The van der Waals surface area contributed by atoms with Crippen LogP contribution >= 0.6 is 0 Å². The number of fused-ring (bicyclic) bond motifs is 1. The van der Waals surface area contributed by atoms with E-state index in [9.17, 15) is 10.2 Å². The first kappa shape index (κ1) is 13.7. The molecule has 0 bridgehead atoms. The van der Waals surface area contributed by atoms with Crippen LogP contribution in [0.1, 0.15) is 11.8 Å². The lowest BCUT2D eigenvalue weighted by Crippen LogP contribution is -2.33. The van der Waals surface area contributed by atoms with E-state index >= 15 is 0 Å². The maximum atomic E-state index is 10.1. The fraction of sp³-hybridized carbons (Fsp3) is 0.417. The van der Waals surface area contributed by atoms with E-state index in [1.165, 1.54) is 17.1 Å². The Morgan fingerprint density at radius 2 is 2.14 bits per heavy atom. The number of nitrogen functional groups attached to an aromatic ring is 1. The van der Waals surface area contributed by atoms with Gasteiger partial charge in [-0.2, -0.15) is 5.26 Å². The van der Waals surface area contributed by atoms with Crippen molar-refractivity contribution in [3.63, 3.8) is 0 Å². The normalized spacial score (nSPS) is 28.9. The van der Waals surface area contributed by atoms with Gasteiger partial charge in [-0.15, -0.1) is 0 Å². The van der Waals surface area contributed by atoms with E-state index in [1.54, 1.807) is 0 Å². The van der Waals surface area contributed by atoms with Gasteiger partial charge >= 0.3 is 0 Å². The van der Waals surface area contributed by atoms with Crippen LogP contribution in [-0.4, -0.2) is 54.8 Å². The molecule has 9 heteroatoms. The zero-order chi connectivity index (χ0) is 15.1. The Labute approximate surface area is 118 Å². The number of aromatic nitrogens is 3. The molecular weight excluding hydrogens is 279 g/mol. The van der Waals surface area contributed by atoms with Gasteiger partial charge in [0.15, 0.2) is 6.23 Å². The highest BCUT2D eigenvalue weighted by Gasteiger charge is 2.44. The third-order valence-corrected chi connectivity index (χ3v) is 3.55. The first-order chi connectivity index (χ1) is 10.1. The lowest BCUT2D eigenvalue weighted by atomic mass is 10.1. The Balaban J connectivity index is 2.14. The van der Waals surface area contributed by atoms with E-state index in [1.807, 2.05) is 6.07 Å². The summed E-state index contributed by atoms with van der Waals surface area (Å²) in [4.78, 5) is 7.88. The maximum Gasteiger partial charge on any atom is 0.164 e. The van der Waals surface area contributed by atoms with Crippen molar-refractivity contribution >= 4 is 16.9 Å². The number of nitrogens with two attached hydrogens (primary N) is 1. The molecule has 0 aliphatic carbocycles. The van der Waals surface area contributed by atoms with Crippen molar-refractivity contribution in [3.8, 4) is 6.07 Å². The Hall–Kier alpha value is -2.25. The largest absolute Gasteiger partial charge is 0.394 e. The fourth-order valence-electron chi connectivity index (χ4n) is 2.50. The van der Waals surface area contributed by atoms with Gasteiger partial charge in [0.05, 0.1) is 17.6 Å². The zero-order valence-corrected chi connectivity index (χ0v) is 10.8. The van der Waals surface area contributed by atoms with Crippen LogP contribution in [0.15, 0.2) is 12.5 Å². The van der Waals surface area contributed by atoms with Crippen molar-refractivity contribution in [2.24, 2.45) is 0 Å². The summed E-state index contributed by atoms with van der Waals surface area (Å²) in [5.41, 5.74) is 6.30. The van der Waals surface area contributed by atoms with Gasteiger partial charge in [-0.1, -0.05) is 0 Å². The molecule has 4 atom stereocenters. The van der Waals surface area contributed by atoms with Crippen LogP contribution in [0.25, 0.3) is 11.0 Å². The molecule has 1 aliphatic rings. The third kappa shape index (κ3) is 1.93. The van der Waals surface area contributed by atoms with Crippen molar-refractivity contribution in [3.05, 3.63) is 18.1 Å². The molecule has 5 N–H and O–H groups in total. The standard InChI is InChI=1S/C12H13N5O4/c13-1-5-2-17(11-7(5)10(14)15-4-16-11)12-9(20)8(19)6(3-18)21-12/h2,4,6,8-9,12,18-20H,3H2,(H2,14,15,16)/t6-,8-,9-,12-/m1/s1/i13+1. The van der Waals surface area contributed by atoms with E-state index in [0.29, 0.717) is 11.0 Å². The molecule has 0 spiro atoms. The summed E-state index contributed by atoms with van der Waals surface area (Å²) >= 11 is 0. The molecular formula is C12H13N5O4. The highest BCUT2D eigenvalue weighted by Crippen LogP contribution is 2.34. The molecule has 0 amide bonds. The maximum absolute atomic E-state index is 10.1. The molecule has 1 saturated heterocycles. The van der Waals surface area contributed by atoms with E-state index in [4.69, 9.17) is 20.8 Å². The SMILES string of the molecule is Nc1ncnc2c1c(C#[15N])cn2[C@@H]1O[C@H](CO)[C@@H](O)[C@H]1O. The van der Waals surface area contributed by atoms with Crippen molar-refractivity contribution in [1.82, 2.24) is 14.5 Å². The van der Waals surface area contributed by atoms with Gasteiger partial charge in [0.1, 0.15) is 42.2 Å². The van der Waals surface area contributed by atoms with Crippen LogP contribution in [0.5, 0.6) is 0 Å². The van der Waals surface area contributed by atoms with Crippen molar-refractivity contribution in [2.45, 2.75) is 24.5 Å². The minimum atomic E-state index is -1.26. The number of anilines is 1. The van der Waals surface area contributed by atoms with Gasteiger partial charge in [0.2, 0.25) is 0 Å². The number of aliphatic hydroxyl groups is 3. The second kappa shape index (κ2) is 4.94. The molecule has 0 saturated carbocycles. The van der Waals surface area contributed by atoms with Crippen molar-refractivity contribution < 1.29 is 20.1 Å². The van der Waals surface area contributed by atoms with Crippen LogP contribution in [0, 0.1) is 11.3 Å². The lowest BCUT2D eigenvalue weighted by molar-refractivity contribution is -0.0508. The summed E-state index contributed by atoms with van der Waals surface area (Å²) in [5, 5.41) is 38.5. The Bertz CT molecular complexity index is 724. The Morgan fingerprint density at radius 3 is 2.76 bits per heavy atom. The molecule has 0 unspecified atom stereocenters. The molecule has 0 radical (unpaired) electrons. The summed E-state index contributed by atoms with van der Waals surface area (Å²) in [5.74, 6) is 0.141. The quantitative estimate of drug-likeness (QED) is 0.488. The number of aliphatic hydroxyl groups excluding tert-OH is 3. The second-order valence-electron chi connectivity index (χ2n) is 4.75. The van der Waals surface area contributed by atoms with E-state index in [-0.39, 0.29) is 11.4 Å². The summed E-state index contributed by atoms with van der Waals surface area (Å²) in [6.45, 7) is -0.434. The summed E-state index contributed by atoms with van der Waals surface area (Å²) < 4.78 is 6.84. The number of ether oxygens (including phenoxy) is 1. The summed E-state index contributed by atoms with van der Waals surface area (Å²) in [6, 6.07) is 1.98. The Kier molecular flexibility index (Phi) is 3.23. The zero-order valence-electron chi connectivity index (χ0n) is 10.8. The highest BCUT2D eigenvalue weighted by atomic mass is 16.6. The summed E-state index contributed by atoms with van der Waals surface area (Å²) in [6.07, 6.45) is -1.72. The van der Waals surface area contributed by atoms with Crippen molar-refractivity contribution in [2.75, 3.05) is 12.3 Å². The summed E-state index contributed by atoms with van der Waals surface area (Å²) in [7, 11) is 0. The molecule has 9 nitrogen and oxygen atoms in total. The molecule has 0 aromatic carbocycles. The lowest BCUT2D eigenvalue weighted by Gasteiger charge is -2.17. The predicted octanol–water partition coefficient (Wildman–Crippen LogP) is -1.50. The predicted molar refractivity (Wildman–Crippen MR) is 69.7 cm³/mol. The minimum Gasteiger partial charge on any atom is -0.394 e. The van der Waals surface area contributed by atoms with Crippen LogP contribution in [-0.2, 0) is 4.74 Å². The first-order valence-corrected chi connectivity index (χ1v) is 6.22. The van der Waals surface area contributed by atoms with Crippen LogP contribution in [0.4, 0.5) is 5.82 Å². The molecule has 1 fully saturated rings. The number of rotatable bonds is 2. The molecule has 3 rings (SSSR count). The second-order valence-corrected chi connectivity index (χ2v) is 4.75. The van der Waals surface area contributed by atoms with E-state index < -0.39 is 31.1 Å². The Morgan fingerprint density at radius 1 is 1.38 bits per heavy atom. The molecule has 2 aromatic heterocycles. The molecule has 3 heterocycles. The monoisotopic (exact) mass is 292 g/mol. The van der Waals surface area contributed by atoms with Gasteiger partial charge in [-0.05, 0) is 0 Å². The van der Waals surface area contributed by atoms with Gasteiger partial charge < -0.3 is 30.4 Å². The fourth-order valence-corrected chi connectivity index (χ4v) is 2.50. The number of hydrogen-bond donors (Lipinski definition) is 4. The number of hydrogen-bond acceptors (Lipinski definition) is 8. The van der Waals surface area contributed by atoms with E-state index in [0.717, 1.165) is 0 Å². The van der Waals surface area contributed by atoms with Crippen LogP contribution in [0.2, 0.25) is 0 Å². The molecule has 2 aromatic rings. The van der Waals surface area contributed by atoms with E-state index in [2.05, 4.69) is 9.97 Å². The van der Waals surface area contributed by atoms with Crippen LogP contribution in [0.3, 0.4) is 0 Å². The van der Waals surface area contributed by atoms with Crippen molar-refractivity contribution in [1.29, 1.82) is 5.26 Å². The highest BCUT2D eigenvalue weighted by molar-refractivity contribution is 5.91. The average molecular weight is 292 g/mol.